The molecule has 0 bridgehead atoms. The van der Waals surface area contributed by atoms with Gasteiger partial charge in [-0.15, -0.1) is 0 Å². The molecular formula is C61H105NO18. The predicted molar refractivity (Wildman–Crippen MR) is 305 cm³/mol. The Balaban J connectivity index is 1.52. The maximum atomic E-state index is 13.3. The van der Waals surface area contributed by atoms with Gasteiger partial charge in [0.15, 0.2) is 18.9 Å². The van der Waals surface area contributed by atoms with Crippen molar-refractivity contribution < 1.29 is 89.4 Å². The van der Waals surface area contributed by atoms with Crippen molar-refractivity contribution in [1.29, 1.82) is 0 Å². The number of aliphatic hydroxyl groups excluding tert-OH is 11. The van der Waals surface area contributed by atoms with Crippen LogP contribution in [0.1, 0.15) is 174 Å². The Morgan fingerprint density at radius 3 is 1.35 bits per heavy atom. The van der Waals surface area contributed by atoms with Crippen LogP contribution < -0.4 is 5.32 Å². The summed E-state index contributed by atoms with van der Waals surface area (Å²) in [6.45, 7) is 1.56. The molecule has 3 aliphatic rings. The van der Waals surface area contributed by atoms with Crippen molar-refractivity contribution in [2.75, 3.05) is 26.4 Å². The van der Waals surface area contributed by atoms with E-state index in [4.69, 9.17) is 28.4 Å². The molecule has 1 amide bonds. The third-order valence-corrected chi connectivity index (χ3v) is 14.8. The quantitative estimate of drug-likeness (QED) is 0.0268. The van der Waals surface area contributed by atoms with Gasteiger partial charge >= 0.3 is 0 Å². The van der Waals surface area contributed by atoms with Crippen LogP contribution in [0, 0.1) is 0 Å². The van der Waals surface area contributed by atoms with E-state index in [2.05, 4.69) is 79.9 Å². The van der Waals surface area contributed by atoms with E-state index in [-0.39, 0.29) is 18.9 Å². The summed E-state index contributed by atoms with van der Waals surface area (Å²) in [5, 5.41) is 120. The number of unbranched alkanes of at least 4 members (excludes halogenated alkanes) is 17. The van der Waals surface area contributed by atoms with Crippen LogP contribution >= 0.6 is 0 Å². The highest BCUT2D eigenvalue weighted by molar-refractivity contribution is 5.76. The van der Waals surface area contributed by atoms with Crippen LogP contribution in [0.25, 0.3) is 0 Å². The number of amides is 1. The molecule has 3 fully saturated rings. The van der Waals surface area contributed by atoms with Crippen molar-refractivity contribution in [3.05, 3.63) is 72.9 Å². The number of aliphatic hydroxyl groups is 11. The van der Waals surface area contributed by atoms with Crippen LogP contribution in [-0.2, 0) is 33.2 Å². The van der Waals surface area contributed by atoms with Gasteiger partial charge in [-0.3, -0.25) is 4.79 Å². The van der Waals surface area contributed by atoms with E-state index < -0.39 is 124 Å². The summed E-state index contributed by atoms with van der Waals surface area (Å²) >= 11 is 0. The fourth-order valence-corrected chi connectivity index (χ4v) is 9.80. The van der Waals surface area contributed by atoms with E-state index in [9.17, 15) is 61.0 Å². The Morgan fingerprint density at radius 2 is 0.863 bits per heavy atom. The highest BCUT2D eigenvalue weighted by Crippen LogP contribution is 2.33. The molecule has 3 rings (SSSR count). The van der Waals surface area contributed by atoms with Crippen LogP contribution in [0.15, 0.2) is 72.9 Å². The van der Waals surface area contributed by atoms with Gasteiger partial charge in [0.25, 0.3) is 0 Å². The van der Waals surface area contributed by atoms with Gasteiger partial charge in [-0.25, -0.2) is 0 Å². The van der Waals surface area contributed by atoms with E-state index >= 15 is 0 Å². The lowest BCUT2D eigenvalue weighted by atomic mass is 9.96. The molecule has 462 valence electrons. The fourth-order valence-electron chi connectivity index (χ4n) is 9.80. The summed E-state index contributed by atoms with van der Waals surface area (Å²) in [7, 11) is 0. The summed E-state index contributed by atoms with van der Waals surface area (Å²) in [5.41, 5.74) is 0. The Morgan fingerprint density at radius 1 is 0.463 bits per heavy atom. The number of hydrogen-bond donors (Lipinski definition) is 12. The van der Waals surface area contributed by atoms with E-state index in [0.717, 1.165) is 77.0 Å². The van der Waals surface area contributed by atoms with Crippen LogP contribution in [-0.4, -0.2) is 193 Å². The highest BCUT2D eigenvalue weighted by atomic mass is 16.8. The van der Waals surface area contributed by atoms with Gasteiger partial charge in [0.05, 0.1) is 38.6 Å². The molecule has 17 unspecified atom stereocenters. The standard InChI is InChI=1S/C61H105NO18/c1-3-5-7-9-11-13-15-17-19-21-22-23-25-27-29-31-33-35-37-39-49(67)62-44(45(66)38-36-34-32-30-28-26-24-20-18-16-14-12-10-8-6-4-2)43-75-59-55(73)52(70)57(47(41-64)77-59)80-61-56(74)53(71)58(48(42-65)78-61)79-60-54(72)51(69)50(68)46(40-63)76-60/h5,7,11,13,17,19,22-23,27,29,36,38,44-48,50-61,63-66,68-74H,3-4,6,8-10,12,14-16,18,20-21,24-26,28,30-35,37,39-43H2,1-2H3,(H,62,67)/b7-5-,13-11-,19-17-,23-22-,29-27-,38-36+. The molecular weight excluding hydrogens is 1030 g/mol. The van der Waals surface area contributed by atoms with Gasteiger partial charge in [0, 0.05) is 6.42 Å². The Hall–Kier alpha value is -2.77. The van der Waals surface area contributed by atoms with Crippen LogP contribution in [0.5, 0.6) is 0 Å². The van der Waals surface area contributed by atoms with Gasteiger partial charge in [-0.2, -0.15) is 0 Å². The fraction of sp³-hybridized carbons (Fsp3) is 0.787. The minimum Gasteiger partial charge on any atom is -0.394 e. The zero-order chi connectivity index (χ0) is 58.3. The maximum Gasteiger partial charge on any atom is 0.220 e. The summed E-state index contributed by atoms with van der Waals surface area (Å²) in [6, 6.07) is -0.994. The zero-order valence-corrected chi connectivity index (χ0v) is 48.0. The molecule has 0 aromatic carbocycles. The van der Waals surface area contributed by atoms with Crippen molar-refractivity contribution in [1.82, 2.24) is 5.32 Å². The normalized spacial score (nSPS) is 30.5. The van der Waals surface area contributed by atoms with Crippen LogP contribution in [0.2, 0.25) is 0 Å². The van der Waals surface area contributed by atoms with E-state index in [0.29, 0.717) is 6.42 Å². The summed E-state index contributed by atoms with van der Waals surface area (Å²) in [6.07, 6.45) is 24.5. The van der Waals surface area contributed by atoms with Gasteiger partial charge in [0.1, 0.15) is 73.2 Å². The van der Waals surface area contributed by atoms with Crippen molar-refractivity contribution in [2.45, 2.75) is 279 Å². The first-order valence-electron chi connectivity index (χ1n) is 30.2. The van der Waals surface area contributed by atoms with Crippen LogP contribution in [0.3, 0.4) is 0 Å². The zero-order valence-electron chi connectivity index (χ0n) is 48.0. The van der Waals surface area contributed by atoms with Crippen molar-refractivity contribution in [2.24, 2.45) is 0 Å². The first-order valence-corrected chi connectivity index (χ1v) is 30.2. The molecule has 0 aliphatic carbocycles. The summed E-state index contributed by atoms with van der Waals surface area (Å²) in [5.74, 6) is -0.310. The molecule has 3 heterocycles. The second kappa shape index (κ2) is 43.8. The molecule has 0 radical (unpaired) electrons. The Labute approximate surface area is 477 Å². The Kier molecular flexibility index (Phi) is 39.2. The molecule has 0 spiro atoms. The largest absolute Gasteiger partial charge is 0.394 e. The number of carbonyl (C=O) groups excluding carboxylic acids is 1. The average molecular weight is 1140 g/mol. The number of hydrogen-bond acceptors (Lipinski definition) is 18. The molecule has 0 saturated carbocycles. The van der Waals surface area contributed by atoms with Gasteiger partial charge in [-0.05, 0) is 64.2 Å². The minimum absolute atomic E-state index is 0.200. The number of rotatable bonds is 43. The monoisotopic (exact) mass is 1140 g/mol. The minimum atomic E-state index is -1.98. The molecule has 17 atom stereocenters. The van der Waals surface area contributed by atoms with E-state index in [1.54, 1.807) is 6.08 Å². The first kappa shape index (κ1) is 71.5. The van der Waals surface area contributed by atoms with Gasteiger partial charge < -0.3 is 89.9 Å². The molecule has 80 heavy (non-hydrogen) atoms. The molecule has 19 heteroatoms. The SMILES string of the molecule is CC/C=C\C/C=C\C/C=C\C/C=C\C/C=C\CCCCCC(=O)NC(COC1OC(CO)C(OC2OC(CO)C(OC3OC(CO)C(O)C(O)C3O)C(O)C2O)C(O)C1O)C(O)/C=C/CCCCCCCCCCCCCCCC. The van der Waals surface area contributed by atoms with Gasteiger partial charge in [0.2, 0.25) is 5.91 Å². The third kappa shape index (κ3) is 27.3. The first-order chi connectivity index (χ1) is 38.8. The van der Waals surface area contributed by atoms with E-state index in [1.165, 1.54) is 70.6 Å². The average Bonchev–Trinajstić information content (AvgIpc) is 3.50. The number of ether oxygens (including phenoxy) is 6. The van der Waals surface area contributed by atoms with Crippen LogP contribution in [0.4, 0.5) is 0 Å². The van der Waals surface area contributed by atoms with Crippen molar-refractivity contribution in [3.63, 3.8) is 0 Å². The number of carbonyl (C=O) groups is 1. The maximum absolute atomic E-state index is 13.3. The molecule has 12 N–H and O–H groups in total. The molecule has 0 aromatic heterocycles. The second-order valence-corrected chi connectivity index (χ2v) is 21.4. The molecule has 3 saturated heterocycles. The summed E-state index contributed by atoms with van der Waals surface area (Å²) < 4.78 is 34.2. The highest BCUT2D eigenvalue weighted by Gasteiger charge is 2.53. The molecule has 3 aliphatic heterocycles. The molecule has 19 nitrogen and oxygen atoms in total. The van der Waals surface area contributed by atoms with Crippen molar-refractivity contribution >= 4 is 5.91 Å². The third-order valence-electron chi connectivity index (χ3n) is 14.8. The topological polar surface area (TPSA) is 307 Å². The predicted octanol–water partition coefficient (Wildman–Crippen LogP) is 5.43. The lowest BCUT2D eigenvalue weighted by Gasteiger charge is -2.48. The lowest BCUT2D eigenvalue weighted by Crippen LogP contribution is -2.66. The van der Waals surface area contributed by atoms with Crippen molar-refractivity contribution in [3.8, 4) is 0 Å². The Bertz CT molecular complexity index is 1740. The van der Waals surface area contributed by atoms with Gasteiger partial charge in [-0.1, -0.05) is 177 Å². The number of nitrogens with one attached hydrogen (secondary N) is 1. The lowest BCUT2D eigenvalue weighted by molar-refractivity contribution is -0.379. The molecule has 0 aromatic rings. The summed E-state index contributed by atoms with van der Waals surface area (Å²) in [4.78, 5) is 13.3. The second-order valence-electron chi connectivity index (χ2n) is 21.4. The number of allylic oxidation sites excluding steroid dienone is 11. The van der Waals surface area contributed by atoms with E-state index in [1.807, 2.05) is 6.08 Å². The smallest absolute Gasteiger partial charge is 0.220 e.